The highest BCUT2D eigenvalue weighted by atomic mass is 35.5. The van der Waals surface area contributed by atoms with Crippen LogP contribution in [0.5, 0.6) is 0 Å². The van der Waals surface area contributed by atoms with Crippen LogP contribution in [0.2, 0.25) is 0 Å². The second-order valence-corrected chi connectivity index (χ2v) is 4.50. The molecule has 0 bridgehead atoms. The van der Waals surface area contributed by atoms with Crippen molar-refractivity contribution in [3.8, 4) is 0 Å². The summed E-state index contributed by atoms with van der Waals surface area (Å²) in [6.45, 7) is 8.00. The highest BCUT2D eigenvalue weighted by molar-refractivity contribution is 6.66. The van der Waals surface area contributed by atoms with Crippen molar-refractivity contribution in [1.29, 1.82) is 0 Å². The highest BCUT2D eigenvalue weighted by Crippen LogP contribution is 2.01. The molecule has 0 radical (unpaired) electrons. The lowest BCUT2D eigenvalue weighted by Gasteiger charge is -1.87. The Bertz CT molecular complexity index is 588. The summed E-state index contributed by atoms with van der Waals surface area (Å²) in [5.41, 5.74) is 1.87. The fraction of sp³-hybridized carbons (Fsp3) is 0.182. The van der Waals surface area contributed by atoms with Gasteiger partial charge in [-0.3, -0.25) is 4.79 Å². The number of benzene rings is 2. The van der Waals surface area contributed by atoms with Crippen LogP contribution in [0, 0.1) is 0 Å². The molecule has 0 spiro atoms. The third-order valence-electron chi connectivity index (χ3n) is 2.42. The van der Waals surface area contributed by atoms with E-state index in [9.17, 15) is 9.59 Å². The van der Waals surface area contributed by atoms with Crippen LogP contribution in [0.1, 0.15) is 38.8 Å². The molecule has 0 saturated heterocycles. The van der Waals surface area contributed by atoms with Crippen molar-refractivity contribution in [3.63, 3.8) is 0 Å². The molecule has 0 saturated carbocycles. The number of rotatable bonds is 4. The first-order valence-corrected chi connectivity index (χ1v) is 8.84. The quantitative estimate of drug-likeness (QED) is 0.504. The number of hydrogen-bond donors (Lipinski definition) is 1. The maximum atomic E-state index is 10.3. The lowest BCUT2D eigenvalue weighted by Crippen LogP contribution is -1.85. The first-order chi connectivity index (χ1) is 12.6. The lowest BCUT2D eigenvalue weighted by atomic mass is 10.2. The minimum absolute atomic E-state index is 0.450. The number of halogens is 1. The molecule has 2 rings (SSSR count). The highest BCUT2D eigenvalue weighted by Gasteiger charge is 1.86. The summed E-state index contributed by atoms with van der Waals surface area (Å²) in [7, 11) is 0. The van der Waals surface area contributed by atoms with Crippen LogP contribution >= 0.6 is 11.6 Å². The van der Waals surface area contributed by atoms with E-state index in [4.69, 9.17) is 16.7 Å². The summed E-state index contributed by atoms with van der Waals surface area (Å²) in [5, 5.41) is 7.84. The average Bonchev–Trinajstić information content (AvgIpc) is 2.70. The zero-order chi connectivity index (χ0) is 20.2. The van der Waals surface area contributed by atoms with E-state index in [-0.39, 0.29) is 0 Å². The number of carboxylic acids is 1. The van der Waals surface area contributed by atoms with Crippen molar-refractivity contribution >= 4 is 35.0 Å². The van der Waals surface area contributed by atoms with Crippen LogP contribution in [-0.2, 0) is 9.59 Å². The normalized spacial score (nSPS) is 9.12. The van der Waals surface area contributed by atoms with Crippen LogP contribution in [0.4, 0.5) is 0 Å². The molecule has 2 aromatic rings. The molecule has 0 aromatic heterocycles. The summed E-state index contributed by atoms with van der Waals surface area (Å²) < 4.78 is 0. The largest absolute Gasteiger partial charge is 0.478 e. The minimum Gasteiger partial charge on any atom is -0.478 e. The summed E-state index contributed by atoms with van der Waals surface area (Å²) in [4.78, 5) is 20.4. The number of carboxylic acid groups (broad SMARTS) is 1. The Labute approximate surface area is 161 Å². The molecule has 0 aliphatic carbocycles. The third-order valence-corrected chi connectivity index (χ3v) is 2.55. The monoisotopic (exact) mass is 374 g/mol. The maximum absolute atomic E-state index is 10.3. The zero-order valence-corrected chi connectivity index (χ0v) is 16.5. The van der Waals surface area contributed by atoms with E-state index in [1.54, 1.807) is 12.2 Å². The summed E-state index contributed by atoms with van der Waals surface area (Å²) in [5.74, 6) is -0.922. The summed E-state index contributed by atoms with van der Waals surface area (Å²) >= 11 is 5.10. The van der Waals surface area contributed by atoms with E-state index in [1.807, 2.05) is 88.4 Å². The number of allylic oxidation sites excluding steroid dienone is 1. The van der Waals surface area contributed by atoms with Gasteiger partial charge in [-0.05, 0) is 34.9 Å². The van der Waals surface area contributed by atoms with Crippen molar-refractivity contribution < 1.29 is 14.7 Å². The van der Waals surface area contributed by atoms with Gasteiger partial charge in [0.15, 0.2) is 0 Å². The molecule has 0 fully saturated rings. The van der Waals surface area contributed by atoms with Crippen LogP contribution in [0.25, 0.3) is 12.2 Å². The second kappa shape index (κ2) is 18.7. The minimum atomic E-state index is -0.922. The Balaban J connectivity index is 0. The predicted octanol–water partition coefficient (Wildman–Crippen LogP) is 6.30. The number of carbonyl (C=O) groups is 2. The molecule has 2 aromatic carbocycles. The molecule has 0 aliphatic rings. The van der Waals surface area contributed by atoms with Gasteiger partial charge in [0.25, 0.3) is 0 Å². The van der Waals surface area contributed by atoms with Gasteiger partial charge in [-0.25, -0.2) is 4.79 Å². The molecule has 140 valence electrons. The molecule has 0 unspecified atom stereocenters. The van der Waals surface area contributed by atoms with Crippen LogP contribution in [0.3, 0.4) is 0 Å². The Morgan fingerprint density at radius 2 is 1.08 bits per heavy atom. The summed E-state index contributed by atoms with van der Waals surface area (Å²) in [6, 6.07) is 18.8. The van der Waals surface area contributed by atoms with Crippen molar-refractivity contribution in [1.82, 2.24) is 0 Å². The van der Waals surface area contributed by atoms with Gasteiger partial charge in [-0.2, -0.15) is 0 Å². The predicted molar refractivity (Wildman–Crippen MR) is 112 cm³/mol. The first-order valence-electron chi connectivity index (χ1n) is 8.46. The van der Waals surface area contributed by atoms with E-state index < -0.39 is 11.2 Å². The molecule has 4 heteroatoms. The van der Waals surface area contributed by atoms with Crippen LogP contribution in [-0.4, -0.2) is 16.3 Å². The molecule has 26 heavy (non-hydrogen) atoms. The number of carbonyl (C=O) groups excluding carboxylic acids is 1. The first kappa shape index (κ1) is 25.6. The van der Waals surface area contributed by atoms with Gasteiger partial charge in [0.05, 0.1) is 0 Å². The molecule has 0 heterocycles. The van der Waals surface area contributed by atoms with Crippen LogP contribution in [0.15, 0.2) is 72.8 Å². The summed E-state index contributed by atoms with van der Waals surface area (Å²) in [6.07, 6.45) is 5.68. The van der Waals surface area contributed by atoms with E-state index >= 15 is 0 Å². The Morgan fingerprint density at radius 3 is 1.38 bits per heavy atom. The van der Waals surface area contributed by atoms with Crippen molar-refractivity contribution in [3.05, 3.63) is 83.9 Å². The Hall–Kier alpha value is -2.65. The van der Waals surface area contributed by atoms with E-state index in [0.717, 1.165) is 17.2 Å². The molecule has 3 nitrogen and oxygen atoms in total. The standard InChI is InChI=1S/C9H7ClO.C9H8O2.2C2H6/c2*10-9(11)7-6-8-4-2-1-3-5-8;2*1-2/h1-7H;1-7H,(H,10,11);2*1-2H3/b2*7-6+;;. The fourth-order valence-electron chi connectivity index (χ4n) is 1.46. The molecular weight excluding hydrogens is 348 g/mol. The van der Waals surface area contributed by atoms with Gasteiger partial charge >= 0.3 is 5.97 Å². The Morgan fingerprint density at radius 1 is 0.731 bits per heavy atom. The zero-order valence-electron chi connectivity index (χ0n) is 15.7. The van der Waals surface area contributed by atoms with Crippen molar-refractivity contribution in [2.24, 2.45) is 0 Å². The van der Waals surface area contributed by atoms with Gasteiger partial charge in [0.1, 0.15) is 0 Å². The topological polar surface area (TPSA) is 54.4 Å². The third kappa shape index (κ3) is 16.2. The molecule has 0 atom stereocenters. The molecular formula is C22H27ClO3. The van der Waals surface area contributed by atoms with Gasteiger partial charge in [0, 0.05) is 6.08 Å². The Kier molecular flexibility index (Phi) is 18.4. The SMILES string of the molecule is CC.CC.O=C(Cl)/C=C/c1ccccc1.O=C(O)/C=C/c1ccccc1. The smallest absolute Gasteiger partial charge is 0.328 e. The molecule has 0 amide bonds. The van der Waals surface area contributed by atoms with E-state index in [1.165, 1.54) is 6.08 Å². The maximum Gasteiger partial charge on any atom is 0.328 e. The van der Waals surface area contributed by atoms with Crippen molar-refractivity contribution in [2.45, 2.75) is 27.7 Å². The van der Waals surface area contributed by atoms with E-state index in [2.05, 4.69) is 0 Å². The number of aliphatic carboxylic acids is 1. The second-order valence-electron chi connectivity index (χ2n) is 4.13. The van der Waals surface area contributed by atoms with Crippen LogP contribution < -0.4 is 0 Å². The lowest BCUT2D eigenvalue weighted by molar-refractivity contribution is -0.131. The number of hydrogen-bond acceptors (Lipinski definition) is 2. The average molecular weight is 375 g/mol. The van der Waals surface area contributed by atoms with E-state index in [0.29, 0.717) is 0 Å². The van der Waals surface area contributed by atoms with Gasteiger partial charge in [0.2, 0.25) is 5.24 Å². The fourth-order valence-corrected chi connectivity index (χ4v) is 1.52. The van der Waals surface area contributed by atoms with Gasteiger partial charge in [-0.1, -0.05) is 94.4 Å². The van der Waals surface area contributed by atoms with Gasteiger partial charge in [-0.15, -0.1) is 0 Å². The molecule has 0 aliphatic heterocycles. The van der Waals surface area contributed by atoms with Gasteiger partial charge < -0.3 is 5.11 Å². The molecule has 1 N–H and O–H groups in total. The van der Waals surface area contributed by atoms with Crippen molar-refractivity contribution in [2.75, 3.05) is 0 Å².